The average Bonchev–Trinajstić information content (AvgIpc) is 2.73. The van der Waals surface area contributed by atoms with Gasteiger partial charge in [-0.2, -0.15) is 5.26 Å². The normalized spacial score (nSPS) is 12.6. The summed E-state index contributed by atoms with van der Waals surface area (Å²) in [5.41, 5.74) is 4.74. The summed E-state index contributed by atoms with van der Waals surface area (Å²) in [6, 6.07) is 15.2. The predicted octanol–water partition coefficient (Wildman–Crippen LogP) is 3.98. The van der Waals surface area contributed by atoms with Gasteiger partial charge in [0.05, 0.1) is 18.1 Å². The van der Waals surface area contributed by atoms with Crippen molar-refractivity contribution in [2.45, 2.75) is 39.0 Å². The molecule has 5 nitrogen and oxygen atoms in total. The van der Waals surface area contributed by atoms with E-state index in [2.05, 4.69) is 6.07 Å². The molecule has 0 spiro atoms. The molecule has 0 radical (unpaired) electrons. The number of hydrogen-bond donors (Lipinski definition) is 0. The third-order valence-electron chi connectivity index (χ3n) is 5.00. The van der Waals surface area contributed by atoms with Crippen molar-refractivity contribution in [1.29, 1.82) is 5.26 Å². The first-order chi connectivity index (χ1) is 13.6. The largest absolute Gasteiger partial charge is 0.452 e. The van der Waals surface area contributed by atoms with E-state index in [0.29, 0.717) is 11.3 Å². The molecule has 0 saturated carbocycles. The van der Waals surface area contributed by atoms with Gasteiger partial charge in [0.1, 0.15) is 0 Å². The number of aryl methyl sites for hydroxylation is 3. The van der Waals surface area contributed by atoms with Crippen molar-refractivity contribution < 1.29 is 14.3 Å². The van der Waals surface area contributed by atoms with Gasteiger partial charge in [0.25, 0.3) is 5.91 Å². The summed E-state index contributed by atoms with van der Waals surface area (Å²) in [7, 11) is 0. The number of fused-ring (bicyclic) bond motifs is 1. The number of ether oxygens (including phenoxy) is 1. The Morgan fingerprint density at radius 1 is 1.07 bits per heavy atom. The standard InChI is InChI=1S/C23H24N2O3/c1-17-7-11-21(12-8-17)25(14-4-13-24)22(26)16-28-23(27)20-10-9-18-5-2-3-6-19(18)15-20/h7-12,15H,2-6,14,16H2,1H3. The van der Waals surface area contributed by atoms with E-state index in [-0.39, 0.29) is 25.5 Å². The zero-order chi connectivity index (χ0) is 19.9. The molecule has 28 heavy (non-hydrogen) atoms. The Morgan fingerprint density at radius 2 is 1.79 bits per heavy atom. The first-order valence-electron chi connectivity index (χ1n) is 9.61. The lowest BCUT2D eigenvalue weighted by Crippen LogP contribution is -2.35. The molecule has 1 aliphatic carbocycles. The van der Waals surface area contributed by atoms with Gasteiger partial charge in [-0.05, 0) is 68.0 Å². The highest BCUT2D eigenvalue weighted by Gasteiger charge is 2.19. The molecule has 5 heteroatoms. The predicted molar refractivity (Wildman–Crippen MR) is 107 cm³/mol. The molecule has 0 aromatic heterocycles. The fourth-order valence-electron chi connectivity index (χ4n) is 3.43. The Morgan fingerprint density at radius 3 is 2.50 bits per heavy atom. The number of anilines is 1. The summed E-state index contributed by atoms with van der Waals surface area (Å²) in [6.07, 6.45) is 4.55. The summed E-state index contributed by atoms with van der Waals surface area (Å²) in [5, 5.41) is 8.88. The van der Waals surface area contributed by atoms with Gasteiger partial charge in [0, 0.05) is 12.2 Å². The number of hydrogen-bond acceptors (Lipinski definition) is 4. The maximum absolute atomic E-state index is 12.6. The van der Waals surface area contributed by atoms with E-state index in [1.807, 2.05) is 43.3 Å². The van der Waals surface area contributed by atoms with E-state index < -0.39 is 5.97 Å². The Hall–Kier alpha value is -3.13. The fourth-order valence-corrected chi connectivity index (χ4v) is 3.43. The third-order valence-corrected chi connectivity index (χ3v) is 5.00. The number of nitrogens with zero attached hydrogens (tertiary/aromatic N) is 2. The van der Waals surface area contributed by atoms with Crippen LogP contribution in [0.4, 0.5) is 5.69 Å². The first kappa shape index (κ1) is 19.6. The smallest absolute Gasteiger partial charge is 0.338 e. The van der Waals surface area contributed by atoms with E-state index in [1.165, 1.54) is 22.4 Å². The summed E-state index contributed by atoms with van der Waals surface area (Å²) < 4.78 is 5.27. The van der Waals surface area contributed by atoms with Crippen LogP contribution in [0.2, 0.25) is 0 Å². The Balaban J connectivity index is 1.65. The lowest BCUT2D eigenvalue weighted by molar-refractivity contribution is -0.121. The zero-order valence-corrected chi connectivity index (χ0v) is 16.1. The maximum atomic E-state index is 12.6. The molecule has 0 atom stereocenters. The van der Waals surface area contributed by atoms with Crippen LogP contribution in [0.5, 0.6) is 0 Å². The Labute approximate surface area is 165 Å². The van der Waals surface area contributed by atoms with Gasteiger partial charge in [-0.25, -0.2) is 4.79 Å². The summed E-state index contributed by atoms with van der Waals surface area (Å²) >= 11 is 0. The second-order valence-electron chi connectivity index (χ2n) is 7.06. The lowest BCUT2D eigenvalue weighted by atomic mass is 9.90. The maximum Gasteiger partial charge on any atom is 0.338 e. The first-order valence-corrected chi connectivity index (χ1v) is 9.61. The number of benzene rings is 2. The van der Waals surface area contributed by atoms with Crippen molar-refractivity contribution in [1.82, 2.24) is 0 Å². The molecule has 0 saturated heterocycles. The molecule has 2 aromatic carbocycles. The quantitative estimate of drug-likeness (QED) is 0.715. The van der Waals surface area contributed by atoms with Gasteiger partial charge in [-0.3, -0.25) is 4.79 Å². The van der Waals surface area contributed by atoms with Gasteiger partial charge in [0.15, 0.2) is 6.61 Å². The van der Waals surface area contributed by atoms with Crippen molar-refractivity contribution in [3.63, 3.8) is 0 Å². The molecule has 0 bridgehead atoms. The van der Waals surface area contributed by atoms with Crippen molar-refractivity contribution in [3.8, 4) is 6.07 Å². The highest BCUT2D eigenvalue weighted by Crippen LogP contribution is 2.22. The molecule has 0 aliphatic heterocycles. The van der Waals surface area contributed by atoms with Gasteiger partial charge in [0.2, 0.25) is 0 Å². The zero-order valence-electron chi connectivity index (χ0n) is 16.1. The fraction of sp³-hybridized carbons (Fsp3) is 0.348. The molecule has 0 N–H and O–H groups in total. The molecule has 0 unspecified atom stereocenters. The van der Waals surface area contributed by atoms with Crippen LogP contribution >= 0.6 is 0 Å². The molecule has 2 aromatic rings. The molecule has 144 valence electrons. The van der Waals surface area contributed by atoms with Crippen LogP contribution in [0.3, 0.4) is 0 Å². The van der Waals surface area contributed by atoms with Crippen LogP contribution < -0.4 is 4.90 Å². The number of rotatable bonds is 6. The molecule has 1 aliphatic rings. The number of esters is 1. The highest BCUT2D eigenvalue weighted by atomic mass is 16.5. The van der Waals surface area contributed by atoms with Crippen molar-refractivity contribution in [2.75, 3.05) is 18.1 Å². The van der Waals surface area contributed by atoms with Crippen LogP contribution in [0, 0.1) is 18.3 Å². The average molecular weight is 376 g/mol. The van der Waals surface area contributed by atoms with Gasteiger partial charge in [-0.15, -0.1) is 0 Å². The summed E-state index contributed by atoms with van der Waals surface area (Å²) in [5.74, 6) is -0.837. The minimum absolute atomic E-state index is 0.207. The second kappa shape index (κ2) is 9.18. The molecule has 3 rings (SSSR count). The third kappa shape index (κ3) is 4.77. The van der Waals surface area contributed by atoms with E-state index in [0.717, 1.165) is 24.8 Å². The van der Waals surface area contributed by atoms with Crippen LogP contribution in [-0.4, -0.2) is 25.0 Å². The molecule has 0 heterocycles. The second-order valence-corrected chi connectivity index (χ2v) is 7.06. The van der Waals surface area contributed by atoms with Crippen molar-refractivity contribution >= 4 is 17.6 Å². The van der Waals surface area contributed by atoms with Crippen LogP contribution in [0.1, 0.15) is 46.3 Å². The van der Waals surface area contributed by atoms with Gasteiger partial charge >= 0.3 is 5.97 Å². The monoisotopic (exact) mass is 376 g/mol. The topological polar surface area (TPSA) is 70.4 Å². The Bertz CT molecular complexity index is 897. The van der Waals surface area contributed by atoms with Crippen LogP contribution in [0.25, 0.3) is 0 Å². The van der Waals surface area contributed by atoms with Crippen LogP contribution in [0.15, 0.2) is 42.5 Å². The number of nitriles is 1. The Kier molecular flexibility index (Phi) is 6.44. The number of carbonyl (C=O) groups excluding carboxylic acids is 2. The molecular formula is C23H24N2O3. The van der Waals surface area contributed by atoms with Crippen LogP contribution in [-0.2, 0) is 22.4 Å². The van der Waals surface area contributed by atoms with E-state index in [9.17, 15) is 9.59 Å². The van der Waals surface area contributed by atoms with Gasteiger partial charge < -0.3 is 9.64 Å². The summed E-state index contributed by atoms with van der Waals surface area (Å²) in [6.45, 7) is 1.87. The molecular weight excluding hydrogens is 352 g/mol. The van der Waals surface area contributed by atoms with Crippen molar-refractivity contribution in [3.05, 3.63) is 64.7 Å². The SMILES string of the molecule is Cc1ccc(N(CCC#N)C(=O)COC(=O)c2ccc3c(c2)CCCC3)cc1. The molecule has 1 amide bonds. The van der Waals surface area contributed by atoms with E-state index >= 15 is 0 Å². The lowest BCUT2D eigenvalue weighted by Gasteiger charge is -2.22. The minimum atomic E-state index is -0.495. The van der Waals surface area contributed by atoms with Gasteiger partial charge in [-0.1, -0.05) is 23.8 Å². The number of carbonyl (C=O) groups is 2. The highest BCUT2D eigenvalue weighted by molar-refractivity contribution is 5.97. The minimum Gasteiger partial charge on any atom is -0.452 e. The number of amides is 1. The summed E-state index contributed by atoms with van der Waals surface area (Å²) in [4.78, 5) is 26.5. The van der Waals surface area contributed by atoms with Crippen molar-refractivity contribution in [2.24, 2.45) is 0 Å². The molecule has 0 fully saturated rings. The van der Waals surface area contributed by atoms with E-state index in [4.69, 9.17) is 10.00 Å². The van der Waals surface area contributed by atoms with E-state index in [1.54, 1.807) is 6.07 Å².